The number of nitrogens with two attached hydrogens (primary N) is 1. The normalized spacial score (nSPS) is 10.8. The molecule has 0 aliphatic rings. The molecule has 3 rings (SSSR count). The van der Waals surface area contributed by atoms with Crippen LogP contribution in [-0.4, -0.2) is 38.8 Å². The number of benzene rings is 1. The van der Waals surface area contributed by atoms with E-state index < -0.39 is 0 Å². The van der Waals surface area contributed by atoms with Crippen LogP contribution in [-0.2, 0) is 5.75 Å². The van der Waals surface area contributed by atoms with Gasteiger partial charge in [0, 0.05) is 14.1 Å². The first kappa shape index (κ1) is 16.8. The minimum absolute atomic E-state index is 0.215. The molecule has 3 aromatic rings. The topological polar surface area (TPSA) is 85.8 Å². The smallest absolute Gasteiger partial charge is 0.229 e. The van der Waals surface area contributed by atoms with Crippen LogP contribution in [0.1, 0.15) is 5.82 Å². The van der Waals surface area contributed by atoms with E-state index in [9.17, 15) is 0 Å². The van der Waals surface area contributed by atoms with E-state index in [0.29, 0.717) is 21.5 Å². The summed E-state index contributed by atoms with van der Waals surface area (Å²) >= 11 is 8.38. The van der Waals surface area contributed by atoms with Crippen molar-refractivity contribution in [2.45, 2.75) is 10.1 Å². The van der Waals surface area contributed by atoms with Crippen LogP contribution in [0.25, 0.3) is 5.69 Å². The van der Waals surface area contributed by atoms with Crippen molar-refractivity contribution in [3.63, 3.8) is 0 Å². The Morgan fingerprint density at radius 3 is 2.67 bits per heavy atom. The third-order valence-electron chi connectivity index (χ3n) is 2.94. The highest BCUT2D eigenvalue weighted by Crippen LogP contribution is 2.26. The fraction of sp³-hybridized carbons (Fsp3) is 0.214. The summed E-state index contributed by atoms with van der Waals surface area (Å²) < 4.78 is 3.32. The van der Waals surface area contributed by atoms with Crippen LogP contribution < -0.4 is 10.6 Å². The molecule has 0 bridgehead atoms. The lowest BCUT2D eigenvalue weighted by atomic mass is 10.3. The number of para-hydroxylation sites is 1. The third-order valence-corrected chi connectivity index (χ3v) is 5.30. The molecule has 7 nitrogen and oxygen atoms in total. The summed E-state index contributed by atoms with van der Waals surface area (Å²) in [6, 6.07) is 9.82. The van der Waals surface area contributed by atoms with Crippen molar-refractivity contribution in [1.29, 1.82) is 0 Å². The molecule has 0 saturated heterocycles. The molecule has 0 radical (unpaired) electrons. The van der Waals surface area contributed by atoms with E-state index in [0.717, 1.165) is 10.0 Å². The quantitative estimate of drug-likeness (QED) is 0.537. The molecule has 10 heteroatoms. The number of thioether (sulfide) groups is 1. The maximum atomic E-state index is 5.74. The standard InChI is InChI=1S/C14H15N7S3/c1-20(2)12-17-10(16-11(15)18-12)8-23-13-19-21(14(22)24-13)9-6-4-3-5-7-9/h3-7H,8H2,1-2H3,(H2,15,16,17,18). The summed E-state index contributed by atoms with van der Waals surface area (Å²) in [5.41, 5.74) is 6.69. The lowest BCUT2D eigenvalue weighted by molar-refractivity contribution is 0.828. The van der Waals surface area contributed by atoms with Crippen molar-refractivity contribution >= 4 is 47.2 Å². The summed E-state index contributed by atoms with van der Waals surface area (Å²) in [5.74, 6) is 1.92. The molecule has 2 aromatic heterocycles. The van der Waals surface area contributed by atoms with Crippen LogP contribution in [0.4, 0.5) is 11.9 Å². The SMILES string of the molecule is CN(C)c1nc(N)nc(CSc2nn(-c3ccccc3)c(=S)s2)n1. The molecule has 0 fully saturated rings. The lowest BCUT2D eigenvalue weighted by Crippen LogP contribution is -2.15. The Kier molecular flexibility index (Phi) is 5.07. The van der Waals surface area contributed by atoms with Crippen LogP contribution in [0, 0.1) is 3.95 Å². The second kappa shape index (κ2) is 7.24. The van der Waals surface area contributed by atoms with E-state index in [1.807, 2.05) is 44.4 Å². The number of hydrogen-bond acceptors (Lipinski definition) is 9. The van der Waals surface area contributed by atoms with Gasteiger partial charge in [0.2, 0.25) is 11.9 Å². The molecule has 124 valence electrons. The number of rotatable bonds is 5. The van der Waals surface area contributed by atoms with Gasteiger partial charge < -0.3 is 10.6 Å². The molecule has 0 spiro atoms. The molecule has 2 N–H and O–H groups in total. The molecule has 1 aromatic carbocycles. The van der Waals surface area contributed by atoms with Gasteiger partial charge >= 0.3 is 0 Å². The zero-order valence-corrected chi connectivity index (χ0v) is 15.5. The Morgan fingerprint density at radius 1 is 1.21 bits per heavy atom. The highest BCUT2D eigenvalue weighted by molar-refractivity contribution is 8.00. The van der Waals surface area contributed by atoms with E-state index >= 15 is 0 Å². The first-order valence-electron chi connectivity index (χ1n) is 6.99. The van der Waals surface area contributed by atoms with Crippen molar-refractivity contribution in [3.8, 4) is 5.69 Å². The van der Waals surface area contributed by atoms with Crippen LogP contribution >= 0.6 is 35.3 Å². The number of anilines is 2. The van der Waals surface area contributed by atoms with E-state index in [-0.39, 0.29) is 5.95 Å². The largest absolute Gasteiger partial charge is 0.368 e. The van der Waals surface area contributed by atoms with Crippen LogP contribution in [0.5, 0.6) is 0 Å². The Hall–Kier alpha value is -2.04. The second-order valence-corrected chi connectivity index (χ2v) is 7.82. The molecule has 0 amide bonds. The highest BCUT2D eigenvalue weighted by Gasteiger charge is 2.10. The van der Waals surface area contributed by atoms with Crippen molar-refractivity contribution in [3.05, 3.63) is 40.1 Å². The molecule has 0 atom stereocenters. The summed E-state index contributed by atoms with van der Waals surface area (Å²) in [7, 11) is 3.72. The van der Waals surface area contributed by atoms with Crippen LogP contribution in [0.15, 0.2) is 34.7 Å². The Morgan fingerprint density at radius 2 is 1.96 bits per heavy atom. The minimum atomic E-state index is 0.215. The van der Waals surface area contributed by atoms with Gasteiger partial charge in [0.05, 0.1) is 11.4 Å². The molecular weight excluding hydrogens is 362 g/mol. The summed E-state index contributed by atoms with van der Waals surface area (Å²) in [6.45, 7) is 0. The summed E-state index contributed by atoms with van der Waals surface area (Å²) in [5, 5.41) is 4.56. The zero-order valence-electron chi connectivity index (χ0n) is 13.1. The van der Waals surface area contributed by atoms with Crippen molar-refractivity contribution in [2.75, 3.05) is 24.7 Å². The van der Waals surface area contributed by atoms with E-state index in [1.165, 1.54) is 23.1 Å². The monoisotopic (exact) mass is 377 g/mol. The number of aromatic nitrogens is 5. The number of hydrogen-bond donors (Lipinski definition) is 1. The van der Waals surface area contributed by atoms with Crippen LogP contribution in [0.3, 0.4) is 0 Å². The predicted octanol–water partition coefficient (Wildman–Crippen LogP) is 2.79. The average molecular weight is 378 g/mol. The van der Waals surface area contributed by atoms with Gasteiger partial charge in [-0.1, -0.05) is 41.3 Å². The summed E-state index contributed by atoms with van der Waals surface area (Å²) in [6.07, 6.45) is 0. The molecule has 0 aliphatic heterocycles. The van der Waals surface area contributed by atoms with Crippen molar-refractivity contribution in [1.82, 2.24) is 24.7 Å². The predicted molar refractivity (Wildman–Crippen MR) is 100 cm³/mol. The van der Waals surface area contributed by atoms with Crippen LogP contribution in [0.2, 0.25) is 0 Å². The summed E-state index contributed by atoms with van der Waals surface area (Å²) in [4.78, 5) is 14.4. The van der Waals surface area contributed by atoms with E-state index in [4.69, 9.17) is 18.0 Å². The van der Waals surface area contributed by atoms with Crippen molar-refractivity contribution in [2.24, 2.45) is 0 Å². The van der Waals surface area contributed by atoms with Gasteiger partial charge in [-0.15, -0.1) is 5.10 Å². The second-order valence-electron chi connectivity index (χ2n) is 4.97. The Labute approximate surface area is 152 Å². The molecule has 0 aliphatic carbocycles. The van der Waals surface area contributed by atoms with Gasteiger partial charge in [-0.05, 0) is 24.4 Å². The maximum absolute atomic E-state index is 5.74. The maximum Gasteiger partial charge on any atom is 0.229 e. The van der Waals surface area contributed by atoms with E-state index in [2.05, 4.69) is 20.1 Å². The molecule has 0 saturated carbocycles. The fourth-order valence-corrected chi connectivity index (χ4v) is 4.08. The van der Waals surface area contributed by atoms with Crippen molar-refractivity contribution < 1.29 is 0 Å². The highest BCUT2D eigenvalue weighted by atomic mass is 32.2. The Balaban J connectivity index is 1.78. The van der Waals surface area contributed by atoms with Gasteiger partial charge in [0.25, 0.3) is 0 Å². The van der Waals surface area contributed by atoms with E-state index in [1.54, 1.807) is 9.58 Å². The first-order chi connectivity index (χ1) is 11.5. The lowest BCUT2D eigenvalue weighted by Gasteiger charge is -2.10. The average Bonchev–Trinajstić information content (AvgIpc) is 2.94. The van der Waals surface area contributed by atoms with Gasteiger partial charge in [-0.2, -0.15) is 15.0 Å². The third kappa shape index (κ3) is 3.89. The van der Waals surface area contributed by atoms with Gasteiger partial charge in [-0.25, -0.2) is 4.68 Å². The van der Waals surface area contributed by atoms with Gasteiger partial charge in [-0.3, -0.25) is 0 Å². The molecular formula is C14H15N7S3. The number of nitrogen functional groups attached to an aromatic ring is 1. The molecule has 2 heterocycles. The minimum Gasteiger partial charge on any atom is -0.368 e. The Bertz CT molecular complexity index is 889. The molecule has 0 unspecified atom stereocenters. The zero-order chi connectivity index (χ0) is 17.1. The fourth-order valence-electron chi connectivity index (χ4n) is 1.87. The first-order valence-corrected chi connectivity index (χ1v) is 9.20. The number of nitrogens with zero attached hydrogens (tertiary/aromatic N) is 6. The molecule has 24 heavy (non-hydrogen) atoms. The van der Waals surface area contributed by atoms with Gasteiger partial charge in [0.15, 0.2) is 8.29 Å². The van der Waals surface area contributed by atoms with Gasteiger partial charge in [0.1, 0.15) is 5.82 Å².